The molecule has 2 aromatic rings. The number of aliphatic hydroxyl groups excluding tert-OH is 1. The molecule has 0 saturated heterocycles. The molecular formula is C10H10BrN3O. The fourth-order valence-electron chi connectivity index (χ4n) is 1.36. The summed E-state index contributed by atoms with van der Waals surface area (Å²) in [6, 6.07) is 7.76. The molecule has 1 aromatic heterocycles. The third-order valence-corrected chi connectivity index (χ3v) is 2.69. The molecule has 0 fully saturated rings. The van der Waals surface area contributed by atoms with Crippen LogP contribution < -0.4 is 0 Å². The first-order valence-electron chi connectivity index (χ1n) is 4.50. The van der Waals surface area contributed by atoms with Crippen LogP contribution in [0.1, 0.15) is 11.4 Å². The van der Waals surface area contributed by atoms with E-state index in [1.807, 2.05) is 31.2 Å². The molecule has 1 heterocycles. The van der Waals surface area contributed by atoms with E-state index in [1.165, 1.54) is 0 Å². The normalized spacial score (nSPS) is 10.6. The summed E-state index contributed by atoms with van der Waals surface area (Å²) in [7, 11) is 0. The average molecular weight is 268 g/mol. The highest BCUT2D eigenvalue weighted by atomic mass is 79.9. The first kappa shape index (κ1) is 10.3. The Morgan fingerprint density at radius 2 is 2.27 bits per heavy atom. The molecule has 0 radical (unpaired) electrons. The Labute approximate surface area is 95.7 Å². The first-order chi connectivity index (χ1) is 7.22. The van der Waals surface area contributed by atoms with Crippen molar-refractivity contribution in [1.82, 2.24) is 15.0 Å². The summed E-state index contributed by atoms with van der Waals surface area (Å²) >= 11 is 3.40. The number of aliphatic hydroxyl groups is 1. The maximum Gasteiger partial charge on any atom is 0.111 e. The van der Waals surface area contributed by atoms with E-state index in [0.29, 0.717) is 5.69 Å². The van der Waals surface area contributed by atoms with E-state index in [-0.39, 0.29) is 6.61 Å². The van der Waals surface area contributed by atoms with Crippen LogP contribution in [0.5, 0.6) is 0 Å². The van der Waals surface area contributed by atoms with Crippen LogP contribution in [0.3, 0.4) is 0 Å². The van der Waals surface area contributed by atoms with Crippen molar-refractivity contribution in [2.75, 3.05) is 0 Å². The third kappa shape index (κ3) is 1.93. The lowest BCUT2D eigenvalue weighted by Gasteiger charge is -2.03. The Morgan fingerprint density at radius 1 is 1.47 bits per heavy atom. The molecule has 0 aliphatic rings. The number of rotatable bonds is 2. The predicted molar refractivity (Wildman–Crippen MR) is 59.7 cm³/mol. The van der Waals surface area contributed by atoms with E-state index in [0.717, 1.165) is 15.9 Å². The smallest absolute Gasteiger partial charge is 0.111 e. The van der Waals surface area contributed by atoms with Crippen LogP contribution in [0.15, 0.2) is 28.7 Å². The van der Waals surface area contributed by atoms with Crippen molar-refractivity contribution in [3.8, 4) is 5.69 Å². The first-order valence-corrected chi connectivity index (χ1v) is 5.29. The Bertz CT molecular complexity index is 481. The summed E-state index contributed by atoms with van der Waals surface area (Å²) in [6.07, 6.45) is 0. The zero-order valence-electron chi connectivity index (χ0n) is 8.18. The van der Waals surface area contributed by atoms with Gasteiger partial charge >= 0.3 is 0 Å². The fourth-order valence-corrected chi connectivity index (χ4v) is 1.75. The van der Waals surface area contributed by atoms with Crippen LogP contribution in [0.2, 0.25) is 0 Å². The standard InChI is InChI=1S/C10H10BrN3O/c1-7-10(6-15)12-13-14(7)9-4-2-3-8(11)5-9/h2-5,15H,6H2,1H3. The summed E-state index contributed by atoms with van der Waals surface area (Å²) in [5.41, 5.74) is 2.39. The zero-order valence-corrected chi connectivity index (χ0v) is 9.77. The van der Waals surface area contributed by atoms with Crippen molar-refractivity contribution in [3.63, 3.8) is 0 Å². The van der Waals surface area contributed by atoms with Crippen LogP contribution in [0, 0.1) is 6.92 Å². The van der Waals surface area contributed by atoms with Crippen molar-refractivity contribution < 1.29 is 5.11 Å². The number of nitrogens with zero attached hydrogens (tertiary/aromatic N) is 3. The van der Waals surface area contributed by atoms with Gasteiger partial charge in [0.2, 0.25) is 0 Å². The van der Waals surface area contributed by atoms with Crippen LogP contribution in [0.4, 0.5) is 0 Å². The molecule has 0 atom stereocenters. The van der Waals surface area contributed by atoms with Crippen LogP contribution >= 0.6 is 15.9 Å². The number of hydrogen-bond acceptors (Lipinski definition) is 3. The Morgan fingerprint density at radius 3 is 2.87 bits per heavy atom. The van der Waals surface area contributed by atoms with E-state index < -0.39 is 0 Å². The van der Waals surface area contributed by atoms with E-state index >= 15 is 0 Å². The molecule has 4 nitrogen and oxygen atoms in total. The summed E-state index contributed by atoms with van der Waals surface area (Å²) in [4.78, 5) is 0. The van der Waals surface area contributed by atoms with Crippen molar-refractivity contribution in [2.45, 2.75) is 13.5 Å². The van der Waals surface area contributed by atoms with Crippen molar-refractivity contribution >= 4 is 15.9 Å². The minimum Gasteiger partial charge on any atom is -0.390 e. The van der Waals surface area contributed by atoms with Gasteiger partial charge in [-0.2, -0.15) is 0 Å². The molecular weight excluding hydrogens is 258 g/mol. The molecule has 0 bridgehead atoms. The molecule has 0 saturated carbocycles. The second-order valence-electron chi connectivity index (χ2n) is 3.17. The number of benzene rings is 1. The molecule has 78 valence electrons. The van der Waals surface area contributed by atoms with Gasteiger partial charge in [-0.3, -0.25) is 0 Å². The quantitative estimate of drug-likeness (QED) is 0.904. The van der Waals surface area contributed by atoms with Gasteiger partial charge in [0.05, 0.1) is 18.0 Å². The number of halogens is 1. The molecule has 15 heavy (non-hydrogen) atoms. The molecule has 0 aliphatic heterocycles. The van der Waals surface area contributed by atoms with Crippen LogP contribution in [0.25, 0.3) is 5.69 Å². The second-order valence-corrected chi connectivity index (χ2v) is 4.09. The average Bonchev–Trinajstić information content (AvgIpc) is 2.59. The summed E-state index contributed by atoms with van der Waals surface area (Å²) in [6.45, 7) is 1.80. The van der Waals surface area contributed by atoms with Gasteiger partial charge in [-0.25, -0.2) is 4.68 Å². The van der Waals surface area contributed by atoms with Crippen LogP contribution in [-0.4, -0.2) is 20.1 Å². The third-order valence-electron chi connectivity index (χ3n) is 2.19. The minimum absolute atomic E-state index is 0.0835. The molecule has 1 aromatic carbocycles. The van der Waals surface area contributed by atoms with Gasteiger partial charge < -0.3 is 5.11 Å². The van der Waals surface area contributed by atoms with E-state index in [2.05, 4.69) is 26.2 Å². The lowest BCUT2D eigenvalue weighted by atomic mass is 10.3. The summed E-state index contributed by atoms with van der Waals surface area (Å²) in [5.74, 6) is 0. The van der Waals surface area contributed by atoms with Gasteiger partial charge in [0.25, 0.3) is 0 Å². The highest BCUT2D eigenvalue weighted by molar-refractivity contribution is 9.10. The predicted octanol–water partition coefficient (Wildman–Crippen LogP) is 1.83. The molecule has 2 rings (SSSR count). The van der Waals surface area contributed by atoms with E-state index in [4.69, 9.17) is 5.11 Å². The fraction of sp³-hybridized carbons (Fsp3) is 0.200. The maximum atomic E-state index is 9.01. The van der Waals surface area contributed by atoms with Gasteiger partial charge in [0.15, 0.2) is 0 Å². The van der Waals surface area contributed by atoms with Crippen molar-refractivity contribution in [3.05, 3.63) is 40.1 Å². The Balaban J connectivity index is 2.49. The largest absolute Gasteiger partial charge is 0.390 e. The molecule has 0 aliphatic carbocycles. The maximum absolute atomic E-state index is 9.01. The molecule has 0 amide bonds. The summed E-state index contributed by atoms with van der Waals surface area (Å²) < 4.78 is 2.69. The molecule has 1 N–H and O–H groups in total. The molecule has 5 heteroatoms. The number of hydrogen-bond donors (Lipinski definition) is 1. The van der Waals surface area contributed by atoms with Gasteiger partial charge in [0.1, 0.15) is 5.69 Å². The minimum atomic E-state index is -0.0835. The van der Waals surface area contributed by atoms with Crippen molar-refractivity contribution in [1.29, 1.82) is 0 Å². The highest BCUT2D eigenvalue weighted by Crippen LogP contribution is 2.16. The van der Waals surface area contributed by atoms with E-state index in [1.54, 1.807) is 4.68 Å². The van der Waals surface area contributed by atoms with E-state index in [9.17, 15) is 0 Å². The van der Waals surface area contributed by atoms with Gasteiger partial charge in [-0.05, 0) is 25.1 Å². The van der Waals surface area contributed by atoms with Crippen LogP contribution in [-0.2, 0) is 6.61 Å². The monoisotopic (exact) mass is 267 g/mol. The lowest BCUT2D eigenvalue weighted by Crippen LogP contribution is -1.99. The van der Waals surface area contributed by atoms with Gasteiger partial charge in [-0.15, -0.1) is 5.10 Å². The summed E-state index contributed by atoms with van der Waals surface area (Å²) in [5, 5.41) is 16.9. The second kappa shape index (κ2) is 4.12. The van der Waals surface area contributed by atoms with Crippen molar-refractivity contribution in [2.24, 2.45) is 0 Å². The topological polar surface area (TPSA) is 50.9 Å². The van der Waals surface area contributed by atoms with Gasteiger partial charge in [-0.1, -0.05) is 27.2 Å². The Kier molecular flexibility index (Phi) is 2.83. The van der Waals surface area contributed by atoms with Gasteiger partial charge in [0, 0.05) is 4.47 Å². The molecule has 0 spiro atoms. The lowest BCUT2D eigenvalue weighted by molar-refractivity contribution is 0.276. The highest BCUT2D eigenvalue weighted by Gasteiger charge is 2.08. The SMILES string of the molecule is Cc1c(CO)nnn1-c1cccc(Br)c1. The zero-order chi connectivity index (χ0) is 10.8. The Hall–Kier alpha value is -1.20. The number of aromatic nitrogens is 3. The molecule has 0 unspecified atom stereocenters.